The Morgan fingerprint density at radius 2 is 2.29 bits per heavy atom. The molecule has 0 aliphatic carbocycles. The van der Waals surface area contributed by atoms with Gasteiger partial charge in [0.15, 0.2) is 5.13 Å². The monoisotopic (exact) mass is 251 g/mol. The molecule has 0 radical (unpaired) electrons. The second kappa shape index (κ2) is 4.62. The van der Waals surface area contributed by atoms with E-state index in [1.165, 1.54) is 28.7 Å². The molecule has 0 bridgehead atoms. The molecule has 0 saturated heterocycles. The highest BCUT2D eigenvalue weighted by atomic mass is 32.1. The highest BCUT2D eigenvalue weighted by molar-refractivity contribution is 7.15. The smallest absolute Gasteiger partial charge is 0.250 e. The molecule has 6 nitrogen and oxygen atoms in total. The van der Waals surface area contributed by atoms with Gasteiger partial charge in [0.05, 0.1) is 5.69 Å². The Hall–Kier alpha value is -1.76. The van der Waals surface area contributed by atoms with Gasteiger partial charge in [0.1, 0.15) is 18.7 Å². The van der Waals surface area contributed by atoms with Crippen molar-refractivity contribution in [2.24, 2.45) is 0 Å². The van der Waals surface area contributed by atoms with Crippen molar-refractivity contribution in [2.75, 3.05) is 5.32 Å². The third-order valence-electron chi connectivity index (χ3n) is 2.47. The zero-order valence-corrected chi connectivity index (χ0v) is 10.7. The lowest BCUT2D eigenvalue weighted by Crippen LogP contribution is -2.23. The van der Waals surface area contributed by atoms with Crippen molar-refractivity contribution in [3.8, 4) is 0 Å². The van der Waals surface area contributed by atoms with Gasteiger partial charge >= 0.3 is 0 Å². The molecular weight excluding hydrogens is 238 g/mol. The zero-order chi connectivity index (χ0) is 12.4. The van der Waals surface area contributed by atoms with E-state index in [0.29, 0.717) is 5.13 Å². The quantitative estimate of drug-likeness (QED) is 0.898. The Labute approximate surface area is 103 Å². The molecule has 0 aliphatic rings. The molecule has 0 spiro atoms. The second-order valence-corrected chi connectivity index (χ2v) is 4.90. The van der Waals surface area contributed by atoms with Crippen LogP contribution in [0.1, 0.15) is 23.5 Å². The Kier molecular flexibility index (Phi) is 3.19. The highest BCUT2D eigenvalue weighted by Crippen LogP contribution is 2.21. The van der Waals surface area contributed by atoms with Crippen LogP contribution < -0.4 is 5.32 Å². The highest BCUT2D eigenvalue weighted by Gasteiger charge is 2.17. The normalized spacial score (nSPS) is 12.4. The minimum absolute atomic E-state index is 0.149. The number of anilines is 1. The van der Waals surface area contributed by atoms with E-state index in [0.717, 1.165) is 10.6 Å². The number of aryl methyl sites for hydroxylation is 2. The van der Waals surface area contributed by atoms with E-state index in [1.807, 2.05) is 13.8 Å². The molecule has 7 heteroatoms. The number of thiazole rings is 1. The van der Waals surface area contributed by atoms with Crippen LogP contribution in [0.2, 0.25) is 0 Å². The molecule has 2 rings (SSSR count). The maximum absolute atomic E-state index is 11.9. The van der Waals surface area contributed by atoms with Crippen LogP contribution in [-0.4, -0.2) is 25.7 Å². The summed E-state index contributed by atoms with van der Waals surface area (Å²) in [7, 11) is 0. The third kappa shape index (κ3) is 2.50. The number of rotatable bonds is 3. The Balaban J connectivity index is 2.07. The first-order valence-electron chi connectivity index (χ1n) is 5.17. The summed E-state index contributed by atoms with van der Waals surface area (Å²) < 4.78 is 1.50. The van der Waals surface area contributed by atoms with Crippen LogP contribution in [-0.2, 0) is 4.79 Å². The molecule has 90 valence electrons. The SMILES string of the molecule is Cc1nc(NC(=O)[C@@H](C)n2cncn2)sc1C. The summed E-state index contributed by atoms with van der Waals surface area (Å²) >= 11 is 1.47. The van der Waals surface area contributed by atoms with Crippen LogP contribution in [0.4, 0.5) is 5.13 Å². The summed E-state index contributed by atoms with van der Waals surface area (Å²) in [5, 5.41) is 7.32. The van der Waals surface area contributed by atoms with Gasteiger partial charge < -0.3 is 5.32 Å². The van der Waals surface area contributed by atoms with E-state index in [-0.39, 0.29) is 5.91 Å². The predicted octanol–water partition coefficient (Wildman–Crippen LogP) is 1.55. The molecule has 0 saturated carbocycles. The summed E-state index contributed by atoms with van der Waals surface area (Å²) in [4.78, 5) is 21.1. The van der Waals surface area contributed by atoms with Gasteiger partial charge in [0, 0.05) is 4.88 Å². The van der Waals surface area contributed by atoms with E-state index >= 15 is 0 Å². The molecule has 1 atom stereocenters. The van der Waals surface area contributed by atoms with Crippen molar-refractivity contribution in [2.45, 2.75) is 26.8 Å². The minimum Gasteiger partial charge on any atom is -0.300 e. The Bertz CT molecular complexity index is 499. The van der Waals surface area contributed by atoms with E-state index in [9.17, 15) is 4.79 Å². The Morgan fingerprint density at radius 1 is 1.53 bits per heavy atom. The van der Waals surface area contributed by atoms with Gasteiger partial charge in [-0.25, -0.2) is 14.6 Å². The fourth-order valence-corrected chi connectivity index (χ4v) is 2.09. The van der Waals surface area contributed by atoms with Crippen molar-refractivity contribution >= 4 is 22.4 Å². The van der Waals surface area contributed by atoms with Crippen molar-refractivity contribution < 1.29 is 4.79 Å². The average molecular weight is 251 g/mol. The van der Waals surface area contributed by atoms with Gasteiger partial charge in [0.25, 0.3) is 5.91 Å². The number of hydrogen-bond acceptors (Lipinski definition) is 5. The van der Waals surface area contributed by atoms with Crippen molar-refractivity contribution in [1.29, 1.82) is 0 Å². The number of nitrogens with zero attached hydrogens (tertiary/aromatic N) is 4. The maximum Gasteiger partial charge on any atom is 0.250 e. The van der Waals surface area contributed by atoms with Crippen LogP contribution >= 0.6 is 11.3 Å². The molecule has 0 aliphatic heterocycles. The van der Waals surface area contributed by atoms with Gasteiger partial charge in [-0.05, 0) is 20.8 Å². The number of carbonyl (C=O) groups excluding carboxylic acids is 1. The lowest BCUT2D eigenvalue weighted by atomic mass is 10.3. The summed E-state index contributed by atoms with van der Waals surface area (Å²) in [5.74, 6) is -0.149. The number of carbonyl (C=O) groups is 1. The predicted molar refractivity (Wildman–Crippen MR) is 65.0 cm³/mol. The first-order chi connectivity index (χ1) is 8.08. The van der Waals surface area contributed by atoms with Gasteiger partial charge in [-0.15, -0.1) is 11.3 Å². The van der Waals surface area contributed by atoms with Crippen LogP contribution in [0.5, 0.6) is 0 Å². The van der Waals surface area contributed by atoms with Gasteiger partial charge in [-0.2, -0.15) is 5.10 Å². The fourth-order valence-electron chi connectivity index (χ4n) is 1.27. The second-order valence-electron chi connectivity index (χ2n) is 3.70. The molecule has 1 amide bonds. The standard InChI is InChI=1S/C10H13N5OS/c1-6-8(3)17-10(13-6)14-9(16)7(2)15-5-11-4-12-15/h4-5,7H,1-3H3,(H,13,14,16)/t7-/m1/s1. The van der Waals surface area contributed by atoms with E-state index in [4.69, 9.17) is 0 Å². The zero-order valence-electron chi connectivity index (χ0n) is 9.84. The summed E-state index contributed by atoms with van der Waals surface area (Å²) in [6, 6.07) is -0.401. The molecule has 1 N–H and O–H groups in total. The summed E-state index contributed by atoms with van der Waals surface area (Å²) in [5.41, 5.74) is 0.943. The van der Waals surface area contributed by atoms with Crippen LogP contribution in [0.15, 0.2) is 12.7 Å². The Morgan fingerprint density at radius 3 is 2.82 bits per heavy atom. The lowest BCUT2D eigenvalue weighted by Gasteiger charge is -2.09. The van der Waals surface area contributed by atoms with Gasteiger partial charge in [-0.1, -0.05) is 0 Å². The van der Waals surface area contributed by atoms with Crippen molar-refractivity contribution in [3.05, 3.63) is 23.2 Å². The summed E-state index contributed by atoms with van der Waals surface area (Å²) in [6.07, 6.45) is 2.92. The molecular formula is C10H13N5OS. The third-order valence-corrected chi connectivity index (χ3v) is 3.46. The molecule has 0 fully saturated rings. The number of amides is 1. The maximum atomic E-state index is 11.9. The molecule has 0 aromatic carbocycles. The molecule has 2 aromatic heterocycles. The first kappa shape index (κ1) is 11.7. The van der Waals surface area contributed by atoms with E-state index in [2.05, 4.69) is 20.4 Å². The molecule has 0 unspecified atom stereocenters. The van der Waals surface area contributed by atoms with Crippen LogP contribution in [0.25, 0.3) is 0 Å². The number of hydrogen-bond donors (Lipinski definition) is 1. The number of nitrogens with one attached hydrogen (secondary N) is 1. The topological polar surface area (TPSA) is 72.7 Å². The largest absolute Gasteiger partial charge is 0.300 e. The van der Waals surface area contributed by atoms with E-state index in [1.54, 1.807) is 6.92 Å². The fraction of sp³-hybridized carbons (Fsp3) is 0.400. The molecule has 17 heavy (non-hydrogen) atoms. The van der Waals surface area contributed by atoms with E-state index < -0.39 is 6.04 Å². The molecule has 2 heterocycles. The first-order valence-corrected chi connectivity index (χ1v) is 5.98. The molecule has 2 aromatic rings. The van der Waals surface area contributed by atoms with Crippen LogP contribution in [0, 0.1) is 13.8 Å². The van der Waals surface area contributed by atoms with Gasteiger partial charge in [-0.3, -0.25) is 4.79 Å². The van der Waals surface area contributed by atoms with Crippen LogP contribution in [0.3, 0.4) is 0 Å². The van der Waals surface area contributed by atoms with Crippen molar-refractivity contribution in [1.82, 2.24) is 19.7 Å². The number of aromatic nitrogens is 4. The lowest BCUT2D eigenvalue weighted by molar-refractivity contribution is -0.119. The minimum atomic E-state index is -0.401. The average Bonchev–Trinajstić information content (AvgIpc) is 2.89. The van der Waals surface area contributed by atoms with Crippen molar-refractivity contribution in [3.63, 3.8) is 0 Å². The summed E-state index contributed by atoms with van der Waals surface area (Å²) in [6.45, 7) is 5.66. The van der Waals surface area contributed by atoms with Gasteiger partial charge in [0.2, 0.25) is 0 Å².